The molecule has 4 rings (SSSR count). The van der Waals surface area contributed by atoms with Crippen LogP contribution in [0.2, 0.25) is 0 Å². The summed E-state index contributed by atoms with van der Waals surface area (Å²) in [6, 6.07) is 0. The summed E-state index contributed by atoms with van der Waals surface area (Å²) in [4.78, 5) is 0. The molecule has 0 aromatic rings. The summed E-state index contributed by atoms with van der Waals surface area (Å²) < 4.78 is 0. The monoisotopic (exact) mass is 462 g/mol. The molecule has 32 heavy (non-hydrogen) atoms. The maximum absolute atomic E-state index is 2.70. The Morgan fingerprint density at radius 2 is 1.34 bits per heavy atom. The molecular weight excluding hydrogens is 404 g/mol. The van der Waals surface area contributed by atoms with Crippen LogP contribution in [0.25, 0.3) is 0 Å². The molecule has 0 N–H and O–H groups in total. The van der Waals surface area contributed by atoms with E-state index in [1.807, 2.05) is 0 Å². The third-order valence-electron chi connectivity index (χ3n) is 12.0. The topological polar surface area (TPSA) is 0 Å². The maximum Gasteiger partial charge on any atom is -0.0331 e. The largest absolute Gasteiger partial charge is 0.197 e. The molecule has 1 heteroatoms. The van der Waals surface area contributed by atoms with Crippen LogP contribution in [0.5, 0.6) is 0 Å². The molecule has 0 nitrogen and oxygen atoms in total. The molecule has 4 aliphatic rings. The maximum atomic E-state index is 2.70. The van der Waals surface area contributed by atoms with Gasteiger partial charge in [-0.3, -0.25) is 0 Å². The van der Waals surface area contributed by atoms with Gasteiger partial charge in [0, 0.05) is 0 Å². The van der Waals surface area contributed by atoms with Crippen molar-refractivity contribution in [1.29, 1.82) is 0 Å². The lowest BCUT2D eigenvalue weighted by atomic mass is 9.53. The molecule has 0 aromatic carbocycles. The third-order valence-corrected chi connectivity index (χ3v) is 12.0. The fraction of sp³-hybridized carbons (Fsp3) is 1.00. The normalized spacial score (nSPS) is 42.8. The second-order valence-corrected chi connectivity index (χ2v) is 13.5. The van der Waals surface area contributed by atoms with Crippen LogP contribution in [-0.2, 0) is 0 Å². The number of hydrogen-bond donors (Lipinski definition) is 0. The summed E-state index contributed by atoms with van der Waals surface area (Å²) in [7, 11) is 0. The molecule has 4 saturated carbocycles. The van der Waals surface area contributed by atoms with Crippen molar-refractivity contribution in [2.75, 3.05) is 0 Å². The van der Waals surface area contributed by atoms with E-state index in [-0.39, 0.29) is 13.5 Å². The lowest BCUT2D eigenvalue weighted by Crippen LogP contribution is -2.44. The van der Waals surface area contributed by atoms with Crippen LogP contribution < -0.4 is 0 Å². The molecule has 4 fully saturated rings. The number of rotatable bonds is 6. The van der Waals surface area contributed by atoms with Gasteiger partial charge in [-0.2, -0.15) is 13.5 Å². The Morgan fingerprint density at radius 1 is 0.688 bits per heavy atom. The molecule has 11 atom stereocenters. The van der Waals surface area contributed by atoms with Gasteiger partial charge < -0.3 is 0 Å². The van der Waals surface area contributed by atoms with E-state index >= 15 is 0 Å². The zero-order valence-corrected chi connectivity index (χ0v) is 23.6. The van der Waals surface area contributed by atoms with Gasteiger partial charge in [0.2, 0.25) is 0 Å². The standard InChI is InChI=1S/C31H56.H2S/c1-7-24-15-16-26-17-18-27(23(6)30(26)19-24)21(4)22(5)31(20(2)3)29-14-10-12-25-11-8-9-13-28(25)29;/h20-31H,7-19H2,1-6H3;1H2. The summed E-state index contributed by atoms with van der Waals surface area (Å²) in [6.45, 7) is 15.7. The van der Waals surface area contributed by atoms with Gasteiger partial charge in [-0.1, -0.05) is 86.5 Å². The molecule has 11 unspecified atom stereocenters. The van der Waals surface area contributed by atoms with Gasteiger partial charge in [-0.05, 0) is 110 Å². The van der Waals surface area contributed by atoms with Crippen molar-refractivity contribution in [2.45, 2.75) is 125 Å². The van der Waals surface area contributed by atoms with Gasteiger partial charge in [-0.15, -0.1) is 0 Å². The minimum absolute atomic E-state index is 0. The van der Waals surface area contributed by atoms with E-state index in [9.17, 15) is 0 Å². The third kappa shape index (κ3) is 5.44. The first kappa shape index (κ1) is 26.9. The van der Waals surface area contributed by atoms with Crippen molar-refractivity contribution in [1.82, 2.24) is 0 Å². The average molecular weight is 463 g/mol. The van der Waals surface area contributed by atoms with Crippen molar-refractivity contribution < 1.29 is 0 Å². The van der Waals surface area contributed by atoms with Gasteiger partial charge >= 0.3 is 0 Å². The van der Waals surface area contributed by atoms with Crippen LogP contribution in [0.4, 0.5) is 0 Å². The summed E-state index contributed by atoms with van der Waals surface area (Å²) in [5.74, 6) is 11.9. The van der Waals surface area contributed by atoms with Crippen LogP contribution in [0.3, 0.4) is 0 Å². The van der Waals surface area contributed by atoms with Crippen LogP contribution in [0.15, 0.2) is 0 Å². The summed E-state index contributed by atoms with van der Waals surface area (Å²) in [5, 5.41) is 0. The van der Waals surface area contributed by atoms with Gasteiger partial charge in [0.15, 0.2) is 0 Å². The lowest BCUT2D eigenvalue weighted by molar-refractivity contribution is -0.0288. The van der Waals surface area contributed by atoms with E-state index in [1.165, 1.54) is 38.5 Å². The van der Waals surface area contributed by atoms with E-state index in [0.717, 1.165) is 71.0 Å². The van der Waals surface area contributed by atoms with Gasteiger partial charge in [0.05, 0.1) is 0 Å². The minimum atomic E-state index is 0. The first-order chi connectivity index (χ1) is 14.9. The molecular formula is C31H58S. The Morgan fingerprint density at radius 3 is 2.06 bits per heavy atom. The Bertz CT molecular complexity index is 553. The Labute approximate surface area is 209 Å². The smallest absolute Gasteiger partial charge is 0.0331 e. The Kier molecular flexibility index (Phi) is 9.98. The first-order valence-corrected chi connectivity index (χ1v) is 14.9. The average Bonchev–Trinajstić information content (AvgIpc) is 2.78. The fourth-order valence-electron chi connectivity index (χ4n) is 10.2. The highest BCUT2D eigenvalue weighted by Gasteiger charge is 2.46. The molecule has 0 aliphatic heterocycles. The van der Waals surface area contributed by atoms with E-state index in [4.69, 9.17) is 0 Å². The van der Waals surface area contributed by atoms with Crippen molar-refractivity contribution in [2.24, 2.45) is 71.0 Å². The first-order valence-electron chi connectivity index (χ1n) is 14.9. The minimum Gasteiger partial charge on any atom is -0.197 e. The molecule has 0 saturated heterocycles. The lowest BCUT2D eigenvalue weighted by Gasteiger charge is -2.52. The molecule has 0 aromatic heterocycles. The Balaban J connectivity index is 0.00000289. The van der Waals surface area contributed by atoms with Crippen molar-refractivity contribution in [3.05, 3.63) is 0 Å². The van der Waals surface area contributed by atoms with Crippen LogP contribution in [-0.4, -0.2) is 0 Å². The molecule has 4 aliphatic carbocycles. The van der Waals surface area contributed by atoms with Gasteiger partial charge in [0.1, 0.15) is 0 Å². The SMILES string of the molecule is CCC1CCC2CCC(C(C)C(C)C(C(C)C)C3CCCC4CCCCC43)C(C)C2C1.S. The van der Waals surface area contributed by atoms with Gasteiger partial charge in [0.25, 0.3) is 0 Å². The second kappa shape index (κ2) is 11.9. The second-order valence-electron chi connectivity index (χ2n) is 13.5. The zero-order valence-electron chi connectivity index (χ0n) is 22.6. The quantitative estimate of drug-likeness (QED) is 0.368. The molecule has 0 amide bonds. The molecule has 0 radical (unpaired) electrons. The molecule has 0 heterocycles. The number of hydrogen-bond acceptors (Lipinski definition) is 0. The zero-order chi connectivity index (χ0) is 22.1. The highest BCUT2D eigenvalue weighted by atomic mass is 32.1. The summed E-state index contributed by atoms with van der Waals surface area (Å²) >= 11 is 0. The fourth-order valence-corrected chi connectivity index (χ4v) is 10.2. The van der Waals surface area contributed by atoms with Crippen LogP contribution in [0, 0.1) is 71.0 Å². The molecule has 188 valence electrons. The molecule has 0 spiro atoms. The van der Waals surface area contributed by atoms with E-state index in [1.54, 1.807) is 44.9 Å². The predicted molar refractivity (Wildman–Crippen MR) is 146 cm³/mol. The van der Waals surface area contributed by atoms with Crippen LogP contribution >= 0.6 is 13.5 Å². The summed E-state index contributed by atoms with van der Waals surface area (Å²) in [5.41, 5.74) is 0. The number of fused-ring (bicyclic) bond motifs is 2. The van der Waals surface area contributed by atoms with E-state index in [2.05, 4.69) is 41.5 Å². The van der Waals surface area contributed by atoms with E-state index < -0.39 is 0 Å². The predicted octanol–water partition coefficient (Wildman–Crippen LogP) is 9.74. The Hall–Kier alpha value is 0.350. The molecule has 0 bridgehead atoms. The van der Waals surface area contributed by atoms with Crippen molar-refractivity contribution >= 4 is 13.5 Å². The van der Waals surface area contributed by atoms with Gasteiger partial charge in [-0.25, -0.2) is 0 Å². The highest BCUT2D eigenvalue weighted by Crippen LogP contribution is 2.55. The highest BCUT2D eigenvalue weighted by molar-refractivity contribution is 7.59. The van der Waals surface area contributed by atoms with Crippen LogP contribution in [0.1, 0.15) is 125 Å². The summed E-state index contributed by atoms with van der Waals surface area (Å²) in [6.07, 6.45) is 19.9. The van der Waals surface area contributed by atoms with Crippen molar-refractivity contribution in [3.8, 4) is 0 Å². The van der Waals surface area contributed by atoms with Crippen molar-refractivity contribution in [3.63, 3.8) is 0 Å². The van der Waals surface area contributed by atoms with E-state index in [0.29, 0.717) is 0 Å².